The van der Waals surface area contributed by atoms with Crippen LogP contribution < -0.4 is 9.47 Å². The summed E-state index contributed by atoms with van der Waals surface area (Å²) in [7, 11) is 0. The van der Waals surface area contributed by atoms with Gasteiger partial charge in [-0.05, 0) is 37.3 Å². The second kappa shape index (κ2) is 7.80. The molecule has 0 aliphatic heterocycles. The van der Waals surface area contributed by atoms with Gasteiger partial charge < -0.3 is 9.47 Å². The maximum Gasteiger partial charge on any atom is 0.126 e. The van der Waals surface area contributed by atoms with E-state index in [4.69, 9.17) is 9.47 Å². The zero-order valence-corrected chi connectivity index (χ0v) is 11.7. The highest BCUT2D eigenvalue weighted by molar-refractivity contribution is 5.41. The van der Waals surface area contributed by atoms with E-state index in [1.54, 1.807) is 0 Å². The first-order valence-corrected chi connectivity index (χ1v) is 6.66. The fourth-order valence-corrected chi connectivity index (χ4v) is 1.65. The molecule has 0 atom stereocenters. The van der Waals surface area contributed by atoms with Crippen LogP contribution in [0.25, 0.3) is 0 Å². The van der Waals surface area contributed by atoms with Gasteiger partial charge in [0.2, 0.25) is 0 Å². The van der Waals surface area contributed by atoms with Crippen molar-refractivity contribution in [2.45, 2.75) is 33.6 Å². The molecule has 1 aromatic rings. The van der Waals surface area contributed by atoms with Crippen molar-refractivity contribution in [3.05, 3.63) is 36.4 Å². The van der Waals surface area contributed by atoms with Crippen LogP contribution in [0.15, 0.2) is 30.9 Å². The predicted molar refractivity (Wildman–Crippen MR) is 76.5 cm³/mol. The van der Waals surface area contributed by atoms with Crippen LogP contribution >= 0.6 is 0 Å². The summed E-state index contributed by atoms with van der Waals surface area (Å²) in [6.07, 6.45) is 3.77. The average molecular weight is 248 g/mol. The fraction of sp³-hybridized carbons (Fsp3) is 0.500. The summed E-state index contributed by atoms with van der Waals surface area (Å²) in [5, 5.41) is 0. The van der Waals surface area contributed by atoms with Gasteiger partial charge in [-0.25, -0.2) is 0 Å². The number of ether oxygens (including phenoxy) is 2. The molecule has 0 aromatic heterocycles. The Hall–Kier alpha value is -1.44. The molecule has 2 heteroatoms. The van der Waals surface area contributed by atoms with E-state index in [9.17, 15) is 0 Å². The molecule has 18 heavy (non-hydrogen) atoms. The van der Waals surface area contributed by atoms with Gasteiger partial charge in [-0.2, -0.15) is 0 Å². The minimum absolute atomic E-state index is 0.663. The lowest BCUT2D eigenvalue weighted by Gasteiger charge is -2.12. The van der Waals surface area contributed by atoms with Gasteiger partial charge in [-0.15, -0.1) is 6.58 Å². The summed E-state index contributed by atoms with van der Waals surface area (Å²) < 4.78 is 11.4. The number of hydrogen-bond donors (Lipinski definition) is 0. The second-order valence-electron chi connectivity index (χ2n) is 4.73. The summed E-state index contributed by atoms with van der Waals surface area (Å²) in [5.74, 6) is 2.45. The van der Waals surface area contributed by atoms with Crippen molar-refractivity contribution in [1.82, 2.24) is 0 Å². The lowest BCUT2D eigenvalue weighted by atomic mass is 10.1. The smallest absolute Gasteiger partial charge is 0.126 e. The van der Waals surface area contributed by atoms with Crippen LogP contribution in [0, 0.1) is 5.92 Å². The van der Waals surface area contributed by atoms with E-state index in [0.29, 0.717) is 12.5 Å². The van der Waals surface area contributed by atoms with Crippen LogP contribution in [0.2, 0.25) is 0 Å². The minimum atomic E-state index is 0.663. The number of rotatable bonds is 8. The number of hydrogen-bond acceptors (Lipinski definition) is 2. The Kier molecular flexibility index (Phi) is 6.34. The Morgan fingerprint density at radius 2 is 2.06 bits per heavy atom. The van der Waals surface area contributed by atoms with Gasteiger partial charge in [0.05, 0.1) is 13.2 Å². The molecule has 1 aromatic carbocycles. The van der Waals surface area contributed by atoms with Crippen molar-refractivity contribution in [2.75, 3.05) is 13.2 Å². The Morgan fingerprint density at radius 3 is 2.67 bits per heavy atom. The Labute approximate surface area is 111 Å². The maximum absolute atomic E-state index is 5.73. The molecule has 0 saturated carbocycles. The third kappa shape index (κ3) is 4.82. The van der Waals surface area contributed by atoms with Crippen molar-refractivity contribution >= 4 is 0 Å². The molecule has 0 heterocycles. The molecule has 0 radical (unpaired) electrons. The van der Waals surface area contributed by atoms with Crippen LogP contribution in [0.1, 0.15) is 32.8 Å². The Balaban J connectivity index is 2.69. The maximum atomic E-state index is 5.73. The first-order valence-electron chi connectivity index (χ1n) is 6.66. The van der Waals surface area contributed by atoms with E-state index < -0.39 is 0 Å². The van der Waals surface area contributed by atoms with Gasteiger partial charge in [0, 0.05) is 6.07 Å². The normalized spacial score (nSPS) is 10.4. The molecule has 0 unspecified atom stereocenters. The van der Waals surface area contributed by atoms with Crippen LogP contribution in [0.5, 0.6) is 11.5 Å². The molecule has 0 N–H and O–H groups in total. The van der Waals surface area contributed by atoms with Crippen molar-refractivity contribution in [2.24, 2.45) is 5.92 Å². The van der Waals surface area contributed by atoms with Crippen LogP contribution in [0.4, 0.5) is 0 Å². The first-order chi connectivity index (χ1) is 8.67. The van der Waals surface area contributed by atoms with E-state index in [-0.39, 0.29) is 0 Å². The highest BCUT2D eigenvalue weighted by Crippen LogP contribution is 2.26. The van der Waals surface area contributed by atoms with E-state index >= 15 is 0 Å². The lowest BCUT2D eigenvalue weighted by Crippen LogP contribution is -2.02. The molecule has 2 nitrogen and oxygen atoms in total. The third-order valence-electron chi connectivity index (χ3n) is 2.67. The first kappa shape index (κ1) is 14.6. The number of benzene rings is 1. The molecule has 100 valence electrons. The van der Waals surface area contributed by atoms with Gasteiger partial charge in [-0.3, -0.25) is 0 Å². The molecule has 0 spiro atoms. The molecular formula is C16H24O2. The molecule has 0 saturated heterocycles. The van der Waals surface area contributed by atoms with Gasteiger partial charge in [0.1, 0.15) is 11.5 Å². The van der Waals surface area contributed by atoms with Crippen molar-refractivity contribution in [1.29, 1.82) is 0 Å². The highest BCUT2D eigenvalue weighted by Gasteiger charge is 2.05. The van der Waals surface area contributed by atoms with Crippen molar-refractivity contribution in [3.8, 4) is 11.5 Å². The lowest BCUT2D eigenvalue weighted by molar-refractivity contribution is 0.285. The summed E-state index contributed by atoms with van der Waals surface area (Å²) in [6.45, 7) is 11.6. The van der Waals surface area contributed by atoms with Gasteiger partial charge in [-0.1, -0.05) is 26.0 Å². The summed E-state index contributed by atoms with van der Waals surface area (Å²) >= 11 is 0. The molecule has 0 fully saturated rings. The Morgan fingerprint density at radius 1 is 1.28 bits per heavy atom. The van der Waals surface area contributed by atoms with Crippen LogP contribution in [-0.2, 0) is 6.42 Å². The fourth-order valence-electron chi connectivity index (χ4n) is 1.65. The largest absolute Gasteiger partial charge is 0.493 e. The Bertz CT molecular complexity index is 369. The van der Waals surface area contributed by atoms with Gasteiger partial charge in [0.25, 0.3) is 0 Å². The summed E-state index contributed by atoms with van der Waals surface area (Å²) in [4.78, 5) is 0. The SMILES string of the molecule is C=CCc1ccc(OCCC(C)C)cc1OCC. The van der Waals surface area contributed by atoms with E-state index in [1.807, 2.05) is 25.1 Å². The van der Waals surface area contributed by atoms with Crippen molar-refractivity contribution < 1.29 is 9.47 Å². The predicted octanol–water partition coefficient (Wildman–Crippen LogP) is 4.24. The molecule has 0 bridgehead atoms. The van der Waals surface area contributed by atoms with Crippen molar-refractivity contribution in [3.63, 3.8) is 0 Å². The second-order valence-corrected chi connectivity index (χ2v) is 4.73. The summed E-state index contributed by atoms with van der Waals surface area (Å²) in [6, 6.07) is 6.03. The minimum Gasteiger partial charge on any atom is -0.493 e. The standard InChI is InChI=1S/C16H24O2/c1-5-7-14-8-9-15(12-16(14)17-6-2)18-11-10-13(3)4/h5,8-9,12-13H,1,6-7,10-11H2,2-4H3. The van der Waals surface area contributed by atoms with Gasteiger partial charge in [0.15, 0.2) is 0 Å². The topological polar surface area (TPSA) is 18.5 Å². The zero-order chi connectivity index (χ0) is 13.4. The van der Waals surface area contributed by atoms with E-state index in [2.05, 4.69) is 26.5 Å². The quantitative estimate of drug-likeness (QED) is 0.641. The van der Waals surface area contributed by atoms with E-state index in [0.717, 1.165) is 36.5 Å². The third-order valence-corrected chi connectivity index (χ3v) is 2.67. The monoisotopic (exact) mass is 248 g/mol. The summed E-state index contributed by atoms with van der Waals surface area (Å²) in [5.41, 5.74) is 1.16. The van der Waals surface area contributed by atoms with Gasteiger partial charge >= 0.3 is 0 Å². The zero-order valence-electron chi connectivity index (χ0n) is 11.7. The highest BCUT2D eigenvalue weighted by atomic mass is 16.5. The number of allylic oxidation sites excluding steroid dienone is 1. The molecule has 0 aliphatic rings. The van der Waals surface area contributed by atoms with E-state index in [1.165, 1.54) is 0 Å². The average Bonchev–Trinajstić information content (AvgIpc) is 2.32. The van der Waals surface area contributed by atoms with Crippen LogP contribution in [0.3, 0.4) is 0 Å². The molecule has 0 amide bonds. The molecule has 0 aliphatic carbocycles. The van der Waals surface area contributed by atoms with Crippen LogP contribution in [-0.4, -0.2) is 13.2 Å². The molecular weight excluding hydrogens is 224 g/mol. The molecule has 1 rings (SSSR count).